The van der Waals surface area contributed by atoms with Crippen molar-refractivity contribution in [3.63, 3.8) is 0 Å². The monoisotopic (exact) mass is 270 g/mol. The highest BCUT2D eigenvalue weighted by atomic mass is 16.4. The number of nitrogens with one attached hydrogen (secondary N) is 1. The van der Waals surface area contributed by atoms with E-state index in [2.05, 4.69) is 5.32 Å². The lowest BCUT2D eigenvalue weighted by atomic mass is 9.71. The first-order chi connectivity index (χ1) is 8.59. The molecule has 0 aromatic rings. The number of carboxylic acids is 1. The average Bonchev–Trinajstić information content (AvgIpc) is 2.29. The summed E-state index contributed by atoms with van der Waals surface area (Å²) >= 11 is 0. The molecule has 19 heavy (non-hydrogen) atoms. The van der Waals surface area contributed by atoms with Gasteiger partial charge in [0.25, 0.3) is 0 Å². The van der Waals surface area contributed by atoms with Crippen LogP contribution in [0.15, 0.2) is 0 Å². The number of hydrogen-bond donors (Lipinski definition) is 3. The number of rotatable bonds is 3. The van der Waals surface area contributed by atoms with Crippen LogP contribution in [0.2, 0.25) is 0 Å². The van der Waals surface area contributed by atoms with Crippen LogP contribution in [0, 0.1) is 10.8 Å². The quantitative estimate of drug-likeness (QED) is 0.724. The van der Waals surface area contributed by atoms with Crippen LogP contribution in [-0.2, 0) is 9.59 Å². The van der Waals surface area contributed by atoms with Crippen LogP contribution in [-0.4, -0.2) is 29.1 Å². The first-order valence-corrected chi connectivity index (χ1v) is 6.88. The van der Waals surface area contributed by atoms with Gasteiger partial charge in [0.2, 0.25) is 5.91 Å². The van der Waals surface area contributed by atoms with Gasteiger partial charge in [-0.15, -0.1) is 0 Å². The molecule has 5 nitrogen and oxygen atoms in total. The van der Waals surface area contributed by atoms with E-state index in [-0.39, 0.29) is 17.4 Å². The summed E-state index contributed by atoms with van der Waals surface area (Å²) in [5.41, 5.74) is 4.70. The highest BCUT2D eigenvalue weighted by molar-refractivity contribution is 5.84. The van der Waals surface area contributed by atoms with Crippen molar-refractivity contribution in [2.45, 2.75) is 65.5 Å². The predicted octanol–water partition coefficient (Wildman–Crippen LogP) is 1.51. The van der Waals surface area contributed by atoms with Crippen LogP contribution in [0.5, 0.6) is 0 Å². The summed E-state index contributed by atoms with van der Waals surface area (Å²) in [6.45, 7) is 7.40. The van der Waals surface area contributed by atoms with Gasteiger partial charge in [0, 0.05) is 6.04 Å². The molecule has 4 N–H and O–H groups in total. The zero-order valence-electron chi connectivity index (χ0n) is 12.3. The Balaban J connectivity index is 2.79. The van der Waals surface area contributed by atoms with Gasteiger partial charge in [0.15, 0.2) is 0 Å². The summed E-state index contributed by atoms with van der Waals surface area (Å²) in [4.78, 5) is 23.6. The zero-order valence-corrected chi connectivity index (χ0v) is 12.3. The van der Waals surface area contributed by atoms with Gasteiger partial charge in [0.05, 0.1) is 11.5 Å². The number of hydrogen-bond acceptors (Lipinski definition) is 3. The van der Waals surface area contributed by atoms with E-state index in [0.29, 0.717) is 12.8 Å². The molecule has 0 aromatic heterocycles. The molecule has 0 aliphatic heterocycles. The Morgan fingerprint density at radius 3 is 2.42 bits per heavy atom. The molecule has 3 atom stereocenters. The standard InChI is InChI=1S/C14H26N2O3/c1-13(2,3)10(15)11(17)16-9-7-5-6-8-14(9,4)12(18)19/h9-10H,5-8,15H2,1-4H3,(H,16,17)(H,18,19)/t9?,10-,14?/m0/s1. The van der Waals surface area contributed by atoms with Crippen molar-refractivity contribution in [2.75, 3.05) is 0 Å². The largest absolute Gasteiger partial charge is 0.481 e. The van der Waals surface area contributed by atoms with E-state index < -0.39 is 17.4 Å². The SMILES string of the molecule is CC1(C(=O)O)CCCCC1NC(=O)[C@H](N)C(C)(C)C. The lowest BCUT2D eigenvalue weighted by molar-refractivity contribution is -0.152. The summed E-state index contributed by atoms with van der Waals surface area (Å²) in [6, 6.07) is -0.966. The fraction of sp³-hybridized carbons (Fsp3) is 0.857. The molecule has 0 radical (unpaired) electrons. The van der Waals surface area contributed by atoms with Crippen LogP contribution in [0.4, 0.5) is 0 Å². The Hall–Kier alpha value is -1.10. The van der Waals surface area contributed by atoms with Crippen molar-refractivity contribution in [1.82, 2.24) is 5.32 Å². The van der Waals surface area contributed by atoms with Gasteiger partial charge in [0.1, 0.15) is 0 Å². The zero-order chi connectivity index (χ0) is 14.8. The highest BCUT2D eigenvalue weighted by Gasteiger charge is 2.44. The van der Waals surface area contributed by atoms with Gasteiger partial charge in [-0.25, -0.2) is 0 Å². The molecule has 1 aliphatic rings. The second-order valence-corrected chi connectivity index (χ2v) is 6.87. The van der Waals surface area contributed by atoms with Crippen molar-refractivity contribution in [3.05, 3.63) is 0 Å². The topological polar surface area (TPSA) is 92.4 Å². The van der Waals surface area contributed by atoms with Crippen molar-refractivity contribution < 1.29 is 14.7 Å². The average molecular weight is 270 g/mol. The fourth-order valence-electron chi connectivity index (χ4n) is 2.48. The van der Waals surface area contributed by atoms with E-state index in [9.17, 15) is 14.7 Å². The molecule has 0 saturated heterocycles. The van der Waals surface area contributed by atoms with Crippen molar-refractivity contribution in [2.24, 2.45) is 16.6 Å². The smallest absolute Gasteiger partial charge is 0.311 e. The highest BCUT2D eigenvalue weighted by Crippen LogP contribution is 2.36. The second kappa shape index (κ2) is 5.49. The van der Waals surface area contributed by atoms with E-state index in [1.807, 2.05) is 20.8 Å². The summed E-state index contributed by atoms with van der Waals surface area (Å²) in [7, 11) is 0. The summed E-state index contributed by atoms with van der Waals surface area (Å²) in [5, 5.41) is 12.2. The van der Waals surface area contributed by atoms with E-state index in [0.717, 1.165) is 12.8 Å². The molecule has 1 saturated carbocycles. The Morgan fingerprint density at radius 1 is 1.37 bits per heavy atom. The van der Waals surface area contributed by atoms with E-state index in [4.69, 9.17) is 5.73 Å². The van der Waals surface area contributed by atoms with Crippen molar-refractivity contribution >= 4 is 11.9 Å². The maximum Gasteiger partial charge on any atom is 0.311 e. The predicted molar refractivity (Wildman–Crippen MR) is 73.6 cm³/mol. The first kappa shape index (κ1) is 16.0. The number of carbonyl (C=O) groups excluding carboxylic acids is 1. The Bertz CT molecular complexity index is 362. The van der Waals surface area contributed by atoms with Gasteiger partial charge in [-0.05, 0) is 25.2 Å². The maximum atomic E-state index is 12.1. The van der Waals surface area contributed by atoms with Crippen LogP contribution >= 0.6 is 0 Å². The molecule has 0 aromatic carbocycles. The Morgan fingerprint density at radius 2 is 1.95 bits per heavy atom. The minimum atomic E-state index is -0.883. The van der Waals surface area contributed by atoms with Crippen molar-refractivity contribution in [3.8, 4) is 0 Å². The molecule has 1 fully saturated rings. The maximum absolute atomic E-state index is 12.1. The minimum Gasteiger partial charge on any atom is -0.481 e. The molecule has 110 valence electrons. The van der Waals surface area contributed by atoms with Gasteiger partial charge >= 0.3 is 5.97 Å². The van der Waals surface area contributed by atoms with Gasteiger partial charge in [-0.1, -0.05) is 33.6 Å². The van der Waals surface area contributed by atoms with Gasteiger partial charge in [-0.3, -0.25) is 9.59 Å². The van der Waals surface area contributed by atoms with Crippen LogP contribution in [0.25, 0.3) is 0 Å². The molecule has 5 heteroatoms. The molecule has 0 bridgehead atoms. The first-order valence-electron chi connectivity index (χ1n) is 6.88. The Kier molecular flexibility index (Phi) is 4.61. The van der Waals surface area contributed by atoms with E-state index >= 15 is 0 Å². The molecule has 0 spiro atoms. The van der Waals surface area contributed by atoms with Crippen LogP contribution in [0.3, 0.4) is 0 Å². The molecular formula is C14H26N2O3. The van der Waals surface area contributed by atoms with E-state index in [1.165, 1.54) is 0 Å². The number of amides is 1. The number of carbonyl (C=O) groups is 2. The second-order valence-electron chi connectivity index (χ2n) is 6.87. The van der Waals surface area contributed by atoms with Crippen LogP contribution in [0.1, 0.15) is 53.4 Å². The molecule has 0 heterocycles. The summed E-state index contributed by atoms with van der Waals surface area (Å²) in [6.07, 6.45) is 3.13. The third-order valence-corrected chi connectivity index (χ3v) is 4.23. The lowest BCUT2D eigenvalue weighted by Crippen LogP contribution is -2.57. The molecule has 1 amide bonds. The number of carboxylic acid groups (broad SMARTS) is 1. The van der Waals surface area contributed by atoms with Gasteiger partial charge in [-0.2, -0.15) is 0 Å². The van der Waals surface area contributed by atoms with Crippen LogP contribution < -0.4 is 11.1 Å². The number of nitrogens with two attached hydrogens (primary N) is 1. The summed E-state index contributed by atoms with van der Waals surface area (Å²) < 4.78 is 0. The normalized spacial score (nSPS) is 29.6. The number of aliphatic carboxylic acids is 1. The minimum absolute atomic E-state index is 0.258. The fourth-order valence-corrected chi connectivity index (χ4v) is 2.48. The molecule has 1 aliphatic carbocycles. The lowest BCUT2D eigenvalue weighted by Gasteiger charge is -2.39. The van der Waals surface area contributed by atoms with E-state index in [1.54, 1.807) is 6.92 Å². The Labute approximate surface area is 114 Å². The van der Waals surface area contributed by atoms with Gasteiger partial charge < -0.3 is 16.2 Å². The third kappa shape index (κ3) is 3.47. The van der Waals surface area contributed by atoms with Crippen molar-refractivity contribution in [1.29, 1.82) is 0 Å². The molecule has 2 unspecified atom stereocenters. The third-order valence-electron chi connectivity index (χ3n) is 4.23. The molecular weight excluding hydrogens is 244 g/mol. The molecule has 1 rings (SSSR count). The summed E-state index contributed by atoms with van der Waals surface area (Å²) in [5.74, 6) is -1.10.